The van der Waals surface area contributed by atoms with Crippen molar-refractivity contribution in [2.75, 3.05) is 13.2 Å². The van der Waals surface area contributed by atoms with Crippen LogP contribution in [0.5, 0.6) is 5.75 Å². The molecule has 0 radical (unpaired) electrons. The van der Waals surface area contributed by atoms with E-state index in [9.17, 15) is 5.11 Å². The first kappa shape index (κ1) is 14.4. The van der Waals surface area contributed by atoms with Crippen LogP contribution in [0.3, 0.4) is 0 Å². The van der Waals surface area contributed by atoms with Crippen molar-refractivity contribution in [3.8, 4) is 5.75 Å². The Hall–Kier alpha value is -1.06. The molecule has 1 aliphatic rings. The molecule has 2 rings (SSSR count). The van der Waals surface area contributed by atoms with Crippen molar-refractivity contribution in [3.05, 3.63) is 29.8 Å². The van der Waals surface area contributed by atoms with Gasteiger partial charge in [0, 0.05) is 12.1 Å². The quantitative estimate of drug-likeness (QED) is 0.829. The summed E-state index contributed by atoms with van der Waals surface area (Å²) in [6, 6.07) is 8.19. The van der Waals surface area contributed by atoms with E-state index >= 15 is 0 Å². The Kier molecular flexibility index (Phi) is 5.23. The molecule has 2 N–H and O–H groups in total. The maximum Gasteiger partial charge on any atom is 0.119 e. The van der Waals surface area contributed by atoms with Crippen LogP contribution in [0.25, 0.3) is 0 Å². The minimum atomic E-state index is -0.0587. The normalized spacial score (nSPS) is 18.2. The Morgan fingerprint density at radius 3 is 2.42 bits per heavy atom. The molecule has 0 bridgehead atoms. The van der Waals surface area contributed by atoms with E-state index in [1.54, 1.807) is 0 Å². The van der Waals surface area contributed by atoms with E-state index in [1.807, 2.05) is 19.1 Å². The second-order valence-corrected chi connectivity index (χ2v) is 5.43. The summed E-state index contributed by atoms with van der Waals surface area (Å²) in [4.78, 5) is 0. The van der Waals surface area contributed by atoms with Gasteiger partial charge in [-0.25, -0.2) is 0 Å². The topological polar surface area (TPSA) is 41.5 Å². The summed E-state index contributed by atoms with van der Waals surface area (Å²) in [6.07, 6.45) is 5.90. The van der Waals surface area contributed by atoms with Crippen molar-refractivity contribution in [3.63, 3.8) is 0 Å². The molecule has 0 amide bonds. The Labute approximate surface area is 116 Å². The first-order chi connectivity index (χ1) is 9.28. The minimum absolute atomic E-state index is 0.0587. The van der Waals surface area contributed by atoms with Gasteiger partial charge in [-0.3, -0.25) is 0 Å². The van der Waals surface area contributed by atoms with Crippen molar-refractivity contribution >= 4 is 0 Å². The number of aliphatic hydroxyl groups excluding tert-OH is 1. The molecule has 0 aliphatic heterocycles. The fraction of sp³-hybridized carbons (Fsp3) is 0.625. The number of nitrogens with one attached hydrogen (secondary N) is 1. The SMILES string of the molecule is CCOc1ccc(CNC2(CO)CCCCC2)cc1. The van der Waals surface area contributed by atoms with Crippen LogP contribution in [0.15, 0.2) is 24.3 Å². The molecule has 1 fully saturated rings. The van der Waals surface area contributed by atoms with E-state index in [1.165, 1.54) is 24.8 Å². The van der Waals surface area contributed by atoms with Gasteiger partial charge in [0.1, 0.15) is 5.75 Å². The number of rotatable bonds is 6. The lowest BCUT2D eigenvalue weighted by molar-refractivity contribution is 0.119. The van der Waals surface area contributed by atoms with E-state index in [4.69, 9.17) is 4.74 Å². The third-order valence-electron chi connectivity index (χ3n) is 4.02. The largest absolute Gasteiger partial charge is 0.494 e. The zero-order valence-corrected chi connectivity index (χ0v) is 11.8. The van der Waals surface area contributed by atoms with Crippen LogP contribution in [-0.2, 0) is 6.54 Å². The van der Waals surface area contributed by atoms with Gasteiger partial charge in [0.15, 0.2) is 0 Å². The lowest BCUT2D eigenvalue weighted by atomic mass is 9.82. The molecular weight excluding hydrogens is 238 g/mol. The van der Waals surface area contributed by atoms with Crippen molar-refractivity contribution in [1.82, 2.24) is 5.32 Å². The van der Waals surface area contributed by atoms with E-state index < -0.39 is 0 Å². The Balaban J connectivity index is 1.89. The summed E-state index contributed by atoms with van der Waals surface area (Å²) in [7, 11) is 0. The molecule has 1 aromatic carbocycles. The molecule has 0 aromatic heterocycles. The molecule has 1 saturated carbocycles. The highest BCUT2D eigenvalue weighted by atomic mass is 16.5. The van der Waals surface area contributed by atoms with E-state index in [2.05, 4.69) is 17.4 Å². The zero-order chi connectivity index (χ0) is 13.6. The highest BCUT2D eigenvalue weighted by Gasteiger charge is 2.30. The monoisotopic (exact) mass is 263 g/mol. The van der Waals surface area contributed by atoms with Crippen LogP contribution in [-0.4, -0.2) is 23.9 Å². The Morgan fingerprint density at radius 1 is 1.16 bits per heavy atom. The molecule has 1 aromatic rings. The third kappa shape index (κ3) is 3.95. The smallest absolute Gasteiger partial charge is 0.119 e. The van der Waals surface area contributed by atoms with Crippen LogP contribution in [0, 0.1) is 0 Å². The summed E-state index contributed by atoms with van der Waals surface area (Å²) >= 11 is 0. The van der Waals surface area contributed by atoms with Gasteiger partial charge >= 0.3 is 0 Å². The third-order valence-corrected chi connectivity index (χ3v) is 4.02. The lowest BCUT2D eigenvalue weighted by Gasteiger charge is -2.36. The van der Waals surface area contributed by atoms with Gasteiger partial charge in [-0.05, 0) is 37.5 Å². The minimum Gasteiger partial charge on any atom is -0.494 e. The number of benzene rings is 1. The summed E-state index contributed by atoms with van der Waals surface area (Å²) in [5.41, 5.74) is 1.18. The average Bonchev–Trinajstić information content (AvgIpc) is 2.48. The number of hydrogen-bond donors (Lipinski definition) is 2. The van der Waals surface area contributed by atoms with Crippen LogP contribution < -0.4 is 10.1 Å². The summed E-state index contributed by atoms with van der Waals surface area (Å²) in [5, 5.41) is 13.2. The van der Waals surface area contributed by atoms with Crippen LogP contribution in [0.4, 0.5) is 0 Å². The van der Waals surface area contributed by atoms with Crippen LogP contribution in [0.1, 0.15) is 44.6 Å². The van der Waals surface area contributed by atoms with Crippen LogP contribution >= 0.6 is 0 Å². The maximum absolute atomic E-state index is 9.65. The maximum atomic E-state index is 9.65. The number of hydrogen-bond acceptors (Lipinski definition) is 3. The number of aliphatic hydroxyl groups is 1. The van der Waals surface area contributed by atoms with Crippen molar-refractivity contribution in [2.45, 2.75) is 51.1 Å². The standard InChI is InChI=1S/C16H25NO2/c1-2-19-15-8-6-14(7-9-15)12-17-16(13-18)10-4-3-5-11-16/h6-9,17-18H,2-5,10-13H2,1H3. The molecule has 0 heterocycles. The highest BCUT2D eigenvalue weighted by Crippen LogP contribution is 2.28. The first-order valence-electron chi connectivity index (χ1n) is 7.36. The summed E-state index contributed by atoms with van der Waals surface area (Å²) in [6.45, 7) is 3.74. The molecule has 0 saturated heterocycles. The molecule has 0 unspecified atom stereocenters. The Bertz CT molecular complexity index is 369. The first-order valence-corrected chi connectivity index (χ1v) is 7.36. The average molecular weight is 263 g/mol. The zero-order valence-electron chi connectivity index (χ0n) is 11.8. The van der Waals surface area contributed by atoms with Gasteiger partial charge in [0.2, 0.25) is 0 Å². The van der Waals surface area contributed by atoms with Gasteiger partial charge in [0.25, 0.3) is 0 Å². The predicted octanol–water partition coefficient (Wildman–Crippen LogP) is 2.87. The van der Waals surface area contributed by atoms with Crippen molar-refractivity contribution < 1.29 is 9.84 Å². The summed E-state index contributed by atoms with van der Waals surface area (Å²) < 4.78 is 5.44. The van der Waals surface area contributed by atoms with Gasteiger partial charge in [-0.2, -0.15) is 0 Å². The van der Waals surface area contributed by atoms with E-state index in [0.29, 0.717) is 6.61 Å². The molecular formula is C16H25NO2. The molecule has 0 spiro atoms. The van der Waals surface area contributed by atoms with Crippen LogP contribution in [0.2, 0.25) is 0 Å². The number of ether oxygens (including phenoxy) is 1. The molecule has 0 atom stereocenters. The predicted molar refractivity (Wildman–Crippen MR) is 77.4 cm³/mol. The molecule has 106 valence electrons. The van der Waals surface area contributed by atoms with E-state index in [0.717, 1.165) is 25.1 Å². The molecule has 3 heteroatoms. The fourth-order valence-electron chi connectivity index (χ4n) is 2.78. The van der Waals surface area contributed by atoms with Gasteiger partial charge < -0.3 is 15.2 Å². The van der Waals surface area contributed by atoms with Gasteiger partial charge in [0.05, 0.1) is 13.2 Å². The van der Waals surface area contributed by atoms with E-state index in [-0.39, 0.29) is 12.1 Å². The summed E-state index contributed by atoms with van der Waals surface area (Å²) in [5.74, 6) is 0.917. The second kappa shape index (κ2) is 6.92. The Morgan fingerprint density at radius 2 is 1.84 bits per heavy atom. The lowest BCUT2D eigenvalue weighted by Crippen LogP contribution is -2.49. The second-order valence-electron chi connectivity index (χ2n) is 5.43. The van der Waals surface area contributed by atoms with Gasteiger partial charge in [-0.15, -0.1) is 0 Å². The van der Waals surface area contributed by atoms with Gasteiger partial charge in [-0.1, -0.05) is 31.4 Å². The fourth-order valence-corrected chi connectivity index (χ4v) is 2.78. The molecule has 3 nitrogen and oxygen atoms in total. The molecule has 1 aliphatic carbocycles. The van der Waals surface area contributed by atoms with Crippen molar-refractivity contribution in [1.29, 1.82) is 0 Å². The highest BCUT2D eigenvalue weighted by molar-refractivity contribution is 5.27. The van der Waals surface area contributed by atoms with Crippen molar-refractivity contribution in [2.24, 2.45) is 0 Å². The molecule has 19 heavy (non-hydrogen) atoms.